The van der Waals surface area contributed by atoms with Crippen molar-refractivity contribution in [3.05, 3.63) is 11.3 Å². The second-order valence-electron chi connectivity index (χ2n) is 3.07. The van der Waals surface area contributed by atoms with E-state index in [1.54, 1.807) is 18.7 Å². The first kappa shape index (κ1) is 13.0. The number of anilines is 1. The summed E-state index contributed by atoms with van der Waals surface area (Å²) < 4.78 is 3.91. The second-order valence-corrected chi connectivity index (χ2v) is 4.83. The fourth-order valence-electron chi connectivity index (χ4n) is 1.09. The summed E-state index contributed by atoms with van der Waals surface area (Å²) in [6.45, 7) is 1.61. The minimum atomic E-state index is -1.06. The molecule has 0 unspecified atom stereocenters. The highest BCUT2D eigenvalue weighted by atomic mass is 32.2. The Morgan fingerprint density at radius 1 is 1.56 bits per heavy atom. The third-order valence-corrected chi connectivity index (χ3v) is 3.33. The van der Waals surface area contributed by atoms with Crippen LogP contribution in [0.3, 0.4) is 0 Å². The monoisotopic (exact) mass is 260 g/mol. The lowest BCUT2D eigenvalue weighted by Gasteiger charge is -2.02. The van der Waals surface area contributed by atoms with Gasteiger partial charge in [-0.1, -0.05) is 0 Å². The number of rotatable bonds is 5. The summed E-state index contributed by atoms with van der Waals surface area (Å²) >= 11 is 2.56. The molecule has 5 nitrogen and oxygen atoms in total. The highest BCUT2D eigenvalue weighted by Gasteiger charge is 2.18. The molecular formula is C9H12N2O3S2. The van der Waals surface area contributed by atoms with E-state index >= 15 is 0 Å². The van der Waals surface area contributed by atoms with Gasteiger partial charge in [-0.05, 0) is 24.7 Å². The van der Waals surface area contributed by atoms with E-state index in [9.17, 15) is 9.59 Å². The van der Waals surface area contributed by atoms with Gasteiger partial charge in [0.2, 0.25) is 5.91 Å². The molecular weight excluding hydrogens is 248 g/mol. The maximum Gasteiger partial charge on any atom is 0.340 e. The molecule has 0 aliphatic carbocycles. The van der Waals surface area contributed by atoms with E-state index in [4.69, 9.17) is 5.11 Å². The van der Waals surface area contributed by atoms with Crippen LogP contribution >= 0.6 is 23.3 Å². The van der Waals surface area contributed by atoms with Crippen molar-refractivity contribution >= 4 is 40.2 Å². The lowest BCUT2D eigenvalue weighted by Crippen LogP contribution is -2.13. The molecule has 0 aliphatic rings. The molecule has 0 atom stereocenters. The molecule has 1 heterocycles. The molecule has 7 heteroatoms. The Morgan fingerprint density at radius 2 is 2.25 bits per heavy atom. The van der Waals surface area contributed by atoms with Gasteiger partial charge >= 0.3 is 5.97 Å². The van der Waals surface area contributed by atoms with Crippen molar-refractivity contribution in [1.82, 2.24) is 4.37 Å². The zero-order valence-corrected chi connectivity index (χ0v) is 10.6. The molecule has 16 heavy (non-hydrogen) atoms. The van der Waals surface area contributed by atoms with Gasteiger partial charge in [0.05, 0.1) is 5.69 Å². The highest BCUT2D eigenvalue weighted by Crippen LogP contribution is 2.24. The van der Waals surface area contributed by atoms with Crippen LogP contribution in [-0.2, 0) is 4.79 Å². The molecule has 1 amide bonds. The fourth-order valence-corrected chi connectivity index (χ4v) is 2.29. The van der Waals surface area contributed by atoms with Crippen LogP contribution < -0.4 is 5.32 Å². The van der Waals surface area contributed by atoms with Gasteiger partial charge in [-0.15, -0.1) is 0 Å². The highest BCUT2D eigenvalue weighted by molar-refractivity contribution is 7.98. The Balaban J connectivity index is 2.74. The summed E-state index contributed by atoms with van der Waals surface area (Å²) in [7, 11) is 0. The number of aryl methyl sites for hydroxylation is 1. The van der Waals surface area contributed by atoms with Crippen molar-refractivity contribution in [3.63, 3.8) is 0 Å². The summed E-state index contributed by atoms with van der Waals surface area (Å²) in [4.78, 5) is 22.3. The quantitative estimate of drug-likeness (QED) is 0.844. The average Bonchev–Trinajstić information content (AvgIpc) is 2.56. The first-order valence-corrected chi connectivity index (χ1v) is 6.71. The molecule has 0 bridgehead atoms. The molecule has 88 valence electrons. The summed E-state index contributed by atoms with van der Waals surface area (Å²) in [5.41, 5.74) is 0.514. The lowest BCUT2D eigenvalue weighted by atomic mass is 10.2. The van der Waals surface area contributed by atoms with Crippen molar-refractivity contribution in [2.45, 2.75) is 13.3 Å². The summed E-state index contributed by atoms with van der Waals surface area (Å²) in [6.07, 6.45) is 2.28. The van der Waals surface area contributed by atoms with Gasteiger partial charge in [0.1, 0.15) is 10.6 Å². The van der Waals surface area contributed by atoms with E-state index < -0.39 is 5.97 Å². The molecule has 1 aromatic heterocycles. The van der Waals surface area contributed by atoms with E-state index in [1.165, 1.54) is 0 Å². The number of carboxylic acids is 1. The van der Waals surface area contributed by atoms with Gasteiger partial charge in [-0.25, -0.2) is 4.79 Å². The minimum absolute atomic E-state index is 0.0856. The predicted octanol–water partition coefficient (Wildman–Crippen LogP) is 1.84. The summed E-state index contributed by atoms with van der Waals surface area (Å²) in [6, 6.07) is 0. The van der Waals surface area contributed by atoms with Crippen molar-refractivity contribution in [2.75, 3.05) is 17.3 Å². The number of hydrogen-bond acceptors (Lipinski definition) is 5. The third-order valence-electron chi connectivity index (χ3n) is 1.86. The number of hydrogen-bond donors (Lipinski definition) is 2. The Bertz CT molecular complexity index is 403. The molecule has 0 aliphatic heterocycles. The smallest absolute Gasteiger partial charge is 0.340 e. The van der Waals surface area contributed by atoms with E-state index in [0.29, 0.717) is 22.9 Å². The average molecular weight is 260 g/mol. The normalized spacial score (nSPS) is 10.1. The van der Waals surface area contributed by atoms with Gasteiger partial charge in [-0.3, -0.25) is 4.79 Å². The molecule has 2 N–H and O–H groups in total. The number of aromatic carboxylic acids is 1. The Labute approximate surface area is 101 Å². The minimum Gasteiger partial charge on any atom is -0.478 e. The van der Waals surface area contributed by atoms with Gasteiger partial charge in [0.15, 0.2) is 0 Å². The Kier molecular flexibility index (Phi) is 4.75. The maximum atomic E-state index is 11.4. The summed E-state index contributed by atoms with van der Waals surface area (Å²) in [5.74, 6) is -0.529. The van der Waals surface area contributed by atoms with Crippen LogP contribution in [0.25, 0.3) is 0 Å². The number of aromatic nitrogens is 1. The van der Waals surface area contributed by atoms with Crippen LogP contribution in [0.2, 0.25) is 0 Å². The number of nitrogens with zero attached hydrogens (tertiary/aromatic N) is 1. The number of nitrogens with one attached hydrogen (secondary N) is 1. The first-order valence-electron chi connectivity index (χ1n) is 4.54. The predicted molar refractivity (Wildman–Crippen MR) is 65.4 cm³/mol. The van der Waals surface area contributed by atoms with E-state index in [0.717, 1.165) is 11.5 Å². The van der Waals surface area contributed by atoms with Crippen LogP contribution in [0.1, 0.15) is 22.5 Å². The third kappa shape index (κ3) is 3.21. The largest absolute Gasteiger partial charge is 0.478 e. The number of thioether (sulfide) groups is 1. The summed E-state index contributed by atoms with van der Waals surface area (Å²) in [5, 5.41) is 11.8. The van der Waals surface area contributed by atoms with Crippen LogP contribution in [0.4, 0.5) is 5.00 Å². The maximum absolute atomic E-state index is 11.4. The zero-order chi connectivity index (χ0) is 12.1. The molecule has 0 spiro atoms. The fraction of sp³-hybridized carbons (Fsp3) is 0.444. The van der Waals surface area contributed by atoms with Gasteiger partial charge in [0.25, 0.3) is 0 Å². The van der Waals surface area contributed by atoms with Gasteiger partial charge in [0, 0.05) is 12.2 Å². The molecule has 1 rings (SSSR count). The number of carbonyl (C=O) groups excluding carboxylic acids is 1. The zero-order valence-electron chi connectivity index (χ0n) is 8.94. The first-order chi connectivity index (χ1) is 7.56. The van der Waals surface area contributed by atoms with Crippen molar-refractivity contribution in [1.29, 1.82) is 0 Å². The molecule has 0 radical (unpaired) electrons. The molecule has 0 saturated heterocycles. The second kappa shape index (κ2) is 5.86. The van der Waals surface area contributed by atoms with Crippen LogP contribution in [0, 0.1) is 6.92 Å². The topological polar surface area (TPSA) is 79.3 Å². The molecule has 0 saturated carbocycles. The molecule has 0 fully saturated rings. The molecule has 1 aromatic rings. The van der Waals surface area contributed by atoms with Gasteiger partial charge in [-0.2, -0.15) is 16.1 Å². The van der Waals surface area contributed by atoms with Crippen molar-refractivity contribution in [3.8, 4) is 0 Å². The van der Waals surface area contributed by atoms with Crippen LogP contribution in [0.15, 0.2) is 0 Å². The van der Waals surface area contributed by atoms with Crippen LogP contribution in [0.5, 0.6) is 0 Å². The standard InChI is InChI=1S/C9H12N2O3S2/c1-5-7(9(13)14)8(16-11-5)10-6(12)3-4-15-2/h3-4H2,1-2H3,(H,10,12)(H,13,14). The Morgan fingerprint density at radius 3 is 2.81 bits per heavy atom. The number of carboxylic acid groups (broad SMARTS) is 1. The van der Waals surface area contributed by atoms with Crippen molar-refractivity contribution in [2.24, 2.45) is 0 Å². The van der Waals surface area contributed by atoms with E-state index in [2.05, 4.69) is 9.69 Å². The van der Waals surface area contributed by atoms with E-state index in [-0.39, 0.29) is 11.5 Å². The Hall–Kier alpha value is -1.08. The molecule has 0 aromatic carbocycles. The number of carbonyl (C=O) groups is 2. The SMILES string of the molecule is CSCCC(=O)Nc1snc(C)c1C(=O)O. The van der Waals surface area contributed by atoms with Crippen LogP contribution in [-0.4, -0.2) is 33.4 Å². The van der Waals surface area contributed by atoms with Crippen molar-refractivity contribution < 1.29 is 14.7 Å². The number of amides is 1. The van der Waals surface area contributed by atoms with E-state index in [1.807, 2.05) is 6.26 Å². The van der Waals surface area contributed by atoms with Gasteiger partial charge < -0.3 is 10.4 Å². The lowest BCUT2D eigenvalue weighted by molar-refractivity contribution is -0.115.